The summed E-state index contributed by atoms with van der Waals surface area (Å²) in [6.45, 7) is 1.40. The highest BCUT2D eigenvalue weighted by molar-refractivity contribution is 6.11. The third kappa shape index (κ3) is 4.04. The van der Waals surface area contributed by atoms with E-state index in [2.05, 4.69) is 5.32 Å². The SMILES string of the molecule is CC(=O)Nc1ccccc1C(=O)C=Cc1ccc(O)cc1. The average Bonchev–Trinajstić information content (AvgIpc) is 2.46. The maximum absolute atomic E-state index is 12.2. The molecule has 106 valence electrons. The van der Waals surface area contributed by atoms with Gasteiger partial charge in [-0.15, -0.1) is 0 Å². The van der Waals surface area contributed by atoms with Gasteiger partial charge in [-0.2, -0.15) is 0 Å². The minimum absolute atomic E-state index is 0.175. The molecular weight excluding hydrogens is 266 g/mol. The largest absolute Gasteiger partial charge is 0.508 e. The highest BCUT2D eigenvalue weighted by atomic mass is 16.3. The summed E-state index contributed by atoms with van der Waals surface area (Å²) in [5.41, 5.74) is 1.73. The van der Waals surface area contributed by atoms with Crippen LogP contribution in [0.2, 0.25) is 0 Å². The van der Waals surface area contributed by atoms with E-state index in [-0.39, 0.29) is 17.4 Å². The second kappa shape index (κ2) is 6.52. The molecule has 4 nitrogen and oxygen atoms in total. The average molecular weight is 281 g/mol. The van der Waals surface area contributed by atoms with Crippen molar-refractivity contribution in [2.45, 2.75) is 6.92 Å². The van der Waals surface area contributed by atoms with Crippen molar-refractivity contribution in [3.8, 4) is 5.75 Å². The van der Waals surface area contributed by atoms with Crippen molar-refractivity contribution in [3.63, 3.8) is 0 Å². The fourth-order valence-electron chi connectivity index (χ4n) is 1.84. The highest BCUT2D eigenvalue weighted by Gasteiger charge is 2.08. The number of phenols is 1. The maximum atomic E-state index is 12.2. The van der Waals surface area contributed by atoms with Gasteiger partial charge >= 0.3 is 0 Å². The van der Waals surface area contributed by atoms with E-state index in [9.17, 15) is 14.7 Å². The van der Waals surface area contributed by atoms with Crippen molar-refractivity contribution < 1.29 is 14.7 Å². The Morgan fingerprint density at radius 1 is 1.05 bits per heavy atom. The first-order chi connectivity index (χ1) is 10.1. The van der Waals surface area contributed by atoms with Crippen LogP contribution in [0, 0.1) is 0 Å². The van der Waals surface area contributed by atoms with Crippen LogP contribution in [0.1, 0.15) is 22.8 Å². The van der Waals surface area contributed by atoms with Gasteiger partial charge in [-0.25, -0.2) is 0 Å². The van der Waals surface area contributed by atoms with Gasteiger partial charge in [0.2, 0.25) is 5.91 Å². The molecule has 0 saturated carbocycles. The molecular formula is C17H15NO3. The number of hydrogen-bond acceptors (Lipinski definition) is 3. The highest BCUT2D eigenvalue weighted by Crippen LogP contribution is 2.17. The van der Waals surface area contributed by atoms with Crippen LogP contribution in [0.5, 0.6) is 5.75 Å². The smallest absolute Gasteiger partial charge is 0.221 e. The monoisotopic (exact) mass is 281 g/mol. The first-order valence-electron chi connectivity index (χ1n) is 6.44. The molecule has 2 N–H and O–H groups in total. The number of phenolic OH excluding ortho intramolecular Hbond substituents is 1. The Bertz CT molecular complexity index is 687. The summed E-state index contributed by atoms with van der Waals surface area (Å²) in [7, 11) is 0. The summed E-state index contributed by atoms with van der Waals surface area (Å²) < 4.78 is 0. The number of allylic oxidation sites excluding steroid dienone is 1. The number of hydrogen-bond donors (Lipinski definition) is 2. The summed E-state index contributed by atoms with van der Waals surface area (Å²) in [4.78, 5) is 23.3. The molecule has 0 aliphatic rings. The van der Waals surface area contributed by atoms with Gasteiger partial charge in [0, 0.05) is 12.5 Å². The molecule has 2 aromatic rings. The van der Waals surface area contributed by atoms with Gasteiger partial charge < -0.3 is 10.4 Å². The van der Waals surface area contributed by atoms with E-state index in [1.54, 1.807) is 54.6 Å². The zero-order chi connectivity index (χ0) is 15.2. The number of nitrogens with one attached hydrogen (secondary N) is 1. The van der Waals surface area contributed by atoms with Crippen molar-refractivity contribution in [2.75, 3.05) is 5.32 Å². The van der Waals surface area contributed by atoms with Crippen LogP contribution in [0.15, 0.2) is 54.6 Å². The minimum Gasteiger partial charge on any atom is -0.508 e. The topological polar surface area (TPSA) is 66.4 Å². The number of rotatable bonds is 4. The Hall–Kier alpha value is -2.88. The number of para-hydroxylation sites is 1. The Labute approximate surface area is 122 Å². The van der Waals surface area contributed by atoms with E-state index in [1.807, 2.05) is 0 Å². The number of ketones is 1. The van der Waals surface area contributed by atoms with Crippen LogP contribution >= 0.6 is 0 Å². The summed E-state index contributed by atoms with van der Waals surface area (Å²) in [6, 6.07) is 13.4. The molecule has 2 rings (SSSR count). The molecule has 0 aliphatic carbocycles. The van der Waals surface area contributed by atoms with Gasteiger partial charge in [-0.1, -0.05) is 30.3 Å². The van der Waals surface area contributed by atoms with Gasteiger partial charge in [-0.05, 0) is 35.9 Å². The lowest BCUT2D eigenvalue weighted by Gasteiger charge is -2.06. The molecule has 21 heavy (non-hydrogen) atoms. The van der Waals surface area contributed by atoms with Crippen molar-refractivity contribution in [1.82, 2.24) is 0 Å². The van der Waals surface area contributed by atoms with Crippen LogP contribution in [0.3, 0.4) is 0 Å². The second-order valence-corrected chi connectivity index (χ2v) is 4.52. The number of aromatic hydroxyl groups is 1. The lowest BCUT2D eigenvalue weighted by atomic mass is 10.1. The zero-order valence-electron chi connectivity index (χ0n) is 11.5. The molecule has 0 fully saturated rings. The second-order valence-electron chi connectivity index (χ2n) is 4.52. The molecule has 0 unspecified atom stereocenters. The Kier molecular flexibility index (Phi) is 4.51. The van der Waals surface area contributed by atoms with Crippen molar-refractivity contribution in [2.24, 2.45) is 0 Å². The van der Waals surface area contributed by atoms with Crippen LogP contribution in [-0.4, -0.2) is 16.8 Å². The quantitative estimate of drug-likeness (QED) is 0.668. The third-order valence-corrected chi connectivity index (χ3v) is 2.82. The first kappa shape index (κ1) is 14.5. The van der Waals surface area contributed by atoms with E-state index in [0.717, 1.165) is 5.56 Å². The van der Waals surface area contributed by atoms with Gasteiger partial charge in [0.25, 0.3) is 0 Å². The molecule has 0 spiro atoms. The van der Waals surface area contributed by atoms with Gasteiger partial charge in [0.05, 0.1) is 5.69 Å². The first-order valence-corrected chi connectivity index (χ1v) is 6.44. The van der Waals surface area contributed by atoms with Crippen molar-refractivity contribution >= 4 is 23.5 Å². The Balaban J connectivity index is 2.20. The molecule has 2 aromatic carbocycles. The molecule has 0 aromatic heterocycles. The van der Waals surface area contributed by atoms with Crippen LogP contribution in [0.4, 0.5) is 5.69 Å². The van der Waals surface area contributed by atoms with Gasteiger partial charge in [0.15, 0.2) is 5.78 Å². The van der Waals surface area contributed by atoms with Gasteiger partial charge in [0.1, 0.15) is 5.75 Å². The molecule has 0 saturated heterocycles. The number of benzene rings is 2. The molecule has 0 radical (unpaired) electrons. The Morgan fingerprint density at radius 2 is 1.71 bits per heavy atom. The maximum Gasteiger partial charge on any atom is 0.221 e. The lowest BCUT2D eigenvalue weighted by Crippen LogP contribution is -2.09. The van der Waals surface area contributed by atoms with E-state index in [0.29, 0.717) is 11.3 Å². The van der Waals surface area contributed by atoms with Crippen molar-refractivity contribution in [1.29, 1.82) is 0 Å². The summed E-state index contributed by atoms with van der Waals surface area (Å²) in [6.07, 6.45) is 3.10. The number of carbonyl (C=O) groups is 2. The van der Waals surface area contributed by atoms with E-state index in [1.165, 1.54) is 13.0 Å². The minimum atomic E-state index is -0.224. The van der Waals surface area contributed by atoms with Crippen LogP contribution in [-0.2, 0) is 4.79 Å². The number of amides is 1. The van der Waals surface area contributed by atoms with Crippen LogP contribution in [0.25, 0.3) is 6.08 Å². The van der Waals surface area contributed by atoms with E-state index < -0.39 is 0 Å². The summed E-state index contributed by atoms with van der Waals surface area (Å²) in [5.74, 6) is -0.250. The lowest BCUT2D eigenvalue weighted by molar-refractivity contribution is -0.114. The summed E-state index contributed by atoms with van der Waals surface area (Å²) in [5, 5.41) is 11.8. The normalized spacial score (nSPS) is 10.5. The number of carbonyl (C=O) groups excluding carboxylic acids is 2. The fourth-order valence-corrected chi connectivity index (χ4v) is 1.84. The predicted octanol–water partition coefficient (Wildman–Crippen LogP) is 3.25. The molecule has 0 heterocycles. The van der Waals surface area contributed by atoms with Crippen molar-refractivity contribution in [3.05, 3.63) is 65.7 Å². The molecule has 1 amide bonds. The standard InChI is InChI=1S/C17H15NO3/c1-12(19)18-16-5-3-2-4-15(16)17(21)11-8-13-6-9-14(20)10-7-13/h2-11,20H,1H3,(H,18,19). The molecule has 0 aliphatic heterocycles. The van der Waals surface area contributed by atoms with Gasteiger partial charge in [-0.3, -0.25) is 9.59 Å². The van der Waals surface area contributed by atoms with E-state index >= 15 is 0 Å². The Morgan fingerprint density at radius 3 is 2.38 bits per heavy atom. The molecule has 0 bridgehead atoms. The molecule has 4 heteroatoms. The number of anilines is 1. The summed E-state index contributed by atoms with van der Waals surface area (Å²) >= 11 is 0. The predicted molar refractivity (Wildman–Crippen MR) is 82.2 cm³/mol. The van der Waals surface area contributed by atoms with E-state index in [4.69, 9.17) is 0 Å². The molecule has 0 atom stereocenters. The zero-order valence-corrected chi connectivity index (χ0v) is 11.5. The third-order valence-electron chi connectivity index (χ3n) is 2.82. The van der Waals surface area contributed by atoms with Crippen LogP contribution < -0.4 is 5.32 Å². The fraction of sp³-hybridized carbons (Fsp3) is 0.0588.